The third-order valence-electron chi connectivity index (χ3n) is 3.70. The van der Waals surface area contributed by atoms with Crippen LogP contribution in [0.1, 0.15) is 25.3 Å². The Morgan fingerprint density at radius 3 is 3.00 bits per heavy atom. The molecular weight excluding hydrogens is 252 g/mol. The van der Waals surface area contributed by atoms with Gasteiger partial charge in [-0.3, -0.25) is 9.48 Å². The fourth-order valence-electron chi connectivity index (χ4n) is 2.58. The first-order chi connectivity index (χ1) is 9.75. The lowest BCUT2D eigenvalue weighted by Gasteiger charge is -2.13. The molecule has 1 unspecified atom stereocenters. The number of hydrogen-bond acceptors (Lipinski definition) is 3. The molecule has 104 valence electrons. The van der Waals surface area contributed by atoms with Gasteiger partial charge in [-0.2, -0.15) is 5.10 Å². The molecule has 0 spiro atoms. The van der Waals surface area contributed by atoms with Crippen molar-refractivity contribution in [2.24, 2.45) is 0 Å². The SMILES string of the molecule is Nc1ccccc1-c1cnn(C2CCCCNC2=O)c1. The van der Waals surface area contributed by atoms with Crippen molar-refractivity contribution in [3.05, 3.63) is 36.7 Å². The van der Waals surface area contributed by atoms with Gasteiger partial charge in [0.1, 0.15) is 6.04 Å². The molecule has 1 saturated heterocycles. The number of carbonyl (C=O) groups excluding carboxylic acids is 1. The normalized spacial score (nSPS) is 19.4. The van der Waals surface area contributed by atoms with Crippen LogP contribution >= 0.6 is 0 Å². The number of benzene rings is 1. The molecule has 3 N–H and O–H groups in total. The highest BCUT2D eigenvalue weighted by Gasteiger charge is 2.23. The number of nitrogens with one attached hydrogen (secondary N) is 1. The second-order valence-corrected chi connectivity index (χ2v) is 5.10. The number of nitrogen functional groups attached to an aromatic ring is 1. The van der Waals surface area contributed by atoms with E-state index in [0.717, 1.165) is 42.6 Å². The molecule has 1 aromatic heterocycles. The number of rotatable bonds is 2. The summed E-state index contributed by atoms with van der Waals surface area (Å²) < 4.78 is 1.75. The van der Waals surface area contributed by atoms with Gasteiger partial charge in [0, 0.05) is 29.6 Å². The highest BCUT2D eigenvalue weighted by molar-refractivity contribution is 5.81. The molecule has 5 nitrogen and oxygen atoms in total. The van der Waals surface area contributed by atoms with Gasteiger partial charge in [0.05, 0.1) is 6.20 Å². The van der Waals surface area contributed by atoms with Crippen molar-refractivity contribution >= 4 is 11.6 Å². The summed E-state index contributed by atoms with van der Waals surface area (Å²) in [5.41, 5.74) is 8.59. The number of amides is 1. The third-order valence-corrected chi connectivity index (χ3v) is 3.70. The summed E-state index contributed by atoms with van der Waals surface area (Å²) >= 11 is 0. The predicted molar refractivity (Wildman–Crippen MR) is 78.0 cm³/mol. The zero-order valence-corrected chi connectivity index (χ0v) is 11.2. The molecule has 1 aliphatic heterocycles. The summed E-state index contributed by atoms with van der Waals surface area (Å²) in [4.78, 5) is 12.0. The molecule has 1 aromatic carbocycles. The summed E-state index contributed by atoms with van der Waals surface area (Å²) in [6, 6.07) is 7.47. The van der Waals surface area contributed by atoms with E-state index in [2.05, 4.69) is 10.4 Å². The highest BCUT2D eigenvalue weighted by Crippen LogP contribution is 2.27. The van der Waals surface area contributed by atoms with Gasteiger partial charge in [0.2, 0.25) is 5.91 Å². The minimum absolute atomic E-state index is 0.0539. The fraction of sp³-hybridized carbons (Fsp3) is 0.333. The van der Waals surface area contributed by atoms with Crippen LogP contribution in [-0.4, -0.2) is 22.2 Å². The fourth-order valence-corrected chi connectivity index (χ4v) is 2.58. The maximum atomic E-state index is 12.0. The first kappa shape index (κ1) is 12.7. The number of nitrogens with zero attached hydrogens (tertiary/aromatic N) is 2. The van der Waals surface area contributed by atoms with Crippen LogP contribution in [-0.2, 0) is 4.79 Å². The number of para-hydroxylation sites is 1. The van der Waals surface area contributed by atoms with Crippen molar-refractivity contribution in [1.82, 2.24) is 15.1 Å². The van der Waals surface area contributed by atoms with E-state index in [1.54, 1.807) is 10.9 Å². The highest BCUT2D eigenvalue weighted by atomic mass is 16.2. The lowest BCUT2D eigenvalue weighted by molar-refractivity contribution is -0.124. The van der Waals surface area contributed by atoms with Crippen molar-refractivity contribution < 1.29 is 4.79 Å². The molecule has 0 radical (unpaired) electrons. The van der Waals surface area contributed by atoms with Gasteiger partial charge in [-0.05, 0) is 25.3 Å². The minimum atomic E-state index is -0.212. The van der Waals surface area contributed by atoms with Crippen molar-refractivity contribution in [1.29, 1.82) is 0 Å². The molecule has 5 heteroatoms. The lowest BCUT2D eigenvalue weighted by Crippen LogP contribution is -2.31. The Morgan fingerprint density at radius 1 is 1.30 bits per heavy atom. The van der Waals surface area contributed by atoms with E-state index < -0.39 is 0 Å². The Labute approximate surface area is 117 Å². The maximum Gasteiger partial charge on any atom is 0.244 e. The zero-order valence-electron chi connectivity index (χ0n) is 11.2. The summed E-state index contributed by atoms with van der Waals surface area (Å²) in [6.07, 6.45) is 6.57. The monoisotopic (exact) mass is 270 g/mol. The largest absolute Gasteiger partial charge is 0.398 e. The van der Waals surface area contributed by atoms with Crippen LogP contribution in [0.25, 0.3) is 11.1 Å². The minimum Gasteiger partial charge on any atom is -0.398 e. The molecule has 1 aliphatic rings. The third kappa shape index (κ3) is 2.39. The molecule has 1 atom stereocenters. The molecule has 20 heavy (non-hydrogen) atoms. The molecular formula is C15H18N4O. The molecule has 1 amide bonds. The van der Waals surface area contributed by atoms with Crippen LogP contribution in [0, 0.1) is 0 Å². The molecule has 0 saturated carbocycles. The zero-order chi connectivity index (χ0) is 13.9. The maximum absolute atomic E-state index is 12.0. The Morgan fingerprint density at radius 2 is 2.15 bits per heavy atom. The topological polar surface area (TPSA) is 72.9 Å². The molecule has 0 aliphatic carbocycles. The van der Waals surface area contributed by atoms with Crippen molar-refractivity contribution in [2.45, 2.75) is 25.3 Å². The van der Waals surface area contributed by atoms with E-state index in [4.69, 9.17) is 5.73 Å². The second kappa shape index (κ2) is 5.36. The standard InChI is InChI=1S/C15H18N4O/c16-13-6-2-1-5-12(13)11-9-18-19(10-11)14-7-3-4-8-17-15(14)20/h1-2,5-6,9-10,14H,3-4,7-8,16H2,(H,17,20). The quantitative estimate of drug-likeness (QED) is 0.819. The Hall–Kier alpha value is -2.30. The Balaban J connectivity index is 1.90. The van der Waals surface area contributed by atoms with Gasteiger partial charge in [-0.1, -0.05) is 18.2 Å². The molecule has 3 rings (SSSR count). The first-order valence-electron chi connectivity index (χ1n) is 6.92. The summed E-state index contributed by atoms with van der Waals surface area (Å²) in [6.45, 7) is 0.759. The predicted octanol–water partition coefficient (Wildman–Crippen LogP) is 1.97. The van der Waals surface area contributed by atoms with Gasteiger partial charge < -0.3 is 11.1 Å². The van der Waals surface area contributed by atoms with Crippen LogP contribution < -0.4 is 11.1 Å². The number of nitrogens with two attached hydrogens (primary N) is 1. The Bertz CT molecular complexity index is 620. The van der Waals surface area contributed by atoms with Crippen molar-refractivity contribution in [3.8, 4) is 11.1 Å². The Kier molecular flexibility index (Phi) is 3.41. The number of anilines is 1. The van der Waals surface area contributed by atoms with Crippen LogP contribution in [0.5, 0.6) is 0 Å². The van der Waals surface area contributed by atoms with Crippen molar-refractivity contribution in [3.63, 3.8) is 0 Å². The van der Waals surface area contributed by atoms with Crippen LogP contribution in [0.3, 0.4) is 0 Å². The van der Waals surface area contributed by atoms with E-state index in [-0.39, 0.29) is 11.9 Å². The number of hydrogen-bond donors (Lipinski definition) is 2. The second-order valence-electron chi connectivity index (χ2n) is 5.10. The lowest BCUT2D eigenvalue weighted by atomic mass is 10.1. The first-order valence-corrected chi connectivity index (χ1v) is 6.92. The van der Waals surface area contributed by atoms with Gasteiger partial charge in [-0.25, -0.2) is 0 Å². The van der Waals surface area contributed by atoms with E-state index in [1.807, 2.05) is 30.5 Å². The summed E-state index contributed by atoms with van der Waals surface area (Å²) in [7, 11) is 0. The van der Waals surface area contributed by atoms with E-state index in [0.29, 0.717) is 0 Å². The van der Waals surface area contributed by atoms with Gasteiger partial charge in [0.25, 0.3) is 0 Å². The van der Waals surface area contributed by atoms with Crippen LogP contribution in [0.4, 0.5) is 5.69 Å². The van der Waals surface area contributed by atoms with Gasteiger partial charge >= 0.3 is 0 Å². The average molecular weight is 270 g/mol. The van der Waals surface area contributed by atoms with E-state index in [9.17, 15) is 4.79 Å². The average Bonchev–Trinajstić information content (AvgIpc) is 2.82. The summed E-state index contributed by atoms with van der Waals surface area (Å²) in [5.74, 6) is 0.0539. The smallest absolute Gasteiger partial charge is 0.244 e. The van der Waals surface area contributed by atoms with Gasteiger partial charge in [-0.15, -0.1) is 0 Å². The molecule has 0 bridgehead atoms. The van der Waals surface area contributed by atoms with Crippen LogP contribution in [0.15, 0.2) is 36.7 Å². The van der Waals surface area contributed by atoms with E-state index in [1.165, 1.54) is 0 Å². The molecule has 2 heterocycles. The number of aromatic nitrogens is 2. The number of carbonyl (C=O) groups is 1. The van der Waals surface area contributed by atoms with Crippen molar-refractivity contribution in [2.75, 3.05) is 12.3 Å². The molecule has 2 aromatic rings. The summed E-state index contributed by atoms with van der Waals surface area (Å²) in [5, 5.41) is 7.28. The molecule has 1 fully saturated rings. The van der Waals surface area contributed by atoms with E-state index >= 15 is 0 Å². The van der Waals surface area contributed by atoms with Crippen LogP contribution in [0.2, 0.25) is 0 Å². The van der Waals surface area contributed by atoms with Gasteiger partial charge in [0.15, 0.2) is 0 Å².